The van der Waals surface area contributed by atoms with Gasteiger partial charge in [-0.05, 0) is 18.6 Å². The molecule has 0 saturated carbocycles. The minimum Gasteiger partial charge on any atom is -0.478 e. The molecule has 0 amide bonds. The summed E-state index contributed by atoms with van der Waals surface area (Å²) in [6, 6.07) is 1.68. The number of hydrogen-bond donors (Lipinski definition) is 1. The Balaban J connectivity index is 2.64. The normalized spacial score (nSPS) is 10.8. The van der Waals surface area contributed by atoms with Gasteiger partial charge < -0.3 is 5.11 Å². The van der Waals surface area contributed by atoms with Crippen LogP contribution in [0.1, 0.15) is 21.7 Å². The first kappa shape index (κ1) is 10.5. The Bertz CT molecular complexity index is 317. The second kappa shape index (κ2) is 5.19. The molecule has 0 radical (unpaired) electrons. The standard InChI is InChI=1S/C9H9BrO2S/c10-4-2-1-3-8-5-7(6-13-8)9(11)12/h1,3,5-6H,2,4H2,(H,11,12). The molecule has 4 heteroatoms. The van der Waals surface area contributed by atoms with Gasteiger partial charge in [0, 0.05) is 15.6 Å². The highest BCUT2D eigenvalue weighted by Gasteiger charge is 2.03. The summed E-state index contributed by atoms with van der Waals surface area (Å²) in [5, 5.41) is 11.2. The van der Waals surface area contributed by atoms with E-state index in [1.807, 2.05) is 12.2 Å². The first-order chi connectivity index (χ1) is 6.24. The molecule has 1 heterocycles. The van der Waals surface area contributed by atoms with Gasteiger partial charge in [0.15, 0.2) is 0 Å². The summed E-state index contributed by atoms with van der Waals surface area (Å²) in [7, 11) is 0. The van der Waals surface area contributed by atoms with Gasteiger partial charge in [0.2, 0.25) is 0 Å². The second-order valence-electron chi connectivity index (χ2n) is 2.42. The Morgan fingerprint density at radius 3 is 3.00 bits per heavy atom. The van der Waals surface area contributed by atoms with Gasteiger partial charge in [0.25, 0.3) is 0 Å². The first-order valence-electron chi connectivity index (χ1n) is 3.78. The third-order valence-corrected chi connectivity index (χ3v) is 2.78. The third-order valence-electron chi connectivity index (χ3n) is 1.42. The predicted octanol–water partition coefficient (Wildman–Crippen LogP) is 3.24. The van der Waals surface area contributed by atoms with Crippen molar-refractivity contribution < 1.29 is 9.90 Å². The molecule has 0 fully saturated rings. The highest BCUT2D eigenvalue weighted by atomic mass is 79.9. The average molecular weight is 261 g/mol. The van der Waals surface area contributed by atoms with E-state index in [0.29, 0.717) is 5.56 Å². The summed E-state index contributed by atoms with van der Waals surface area (Å²) in [4.78, 5) is 11.5. The van der Waals surface area contributed by atoms with Crippen molar-refractivity contribution in [1.29, 1.82) is 0 Å². The predicted molar refractivity (Wildman–Crippen MR) is 58.7 cm³/mol. The number of alkyl halides is 1. The number of rotatable bonds is 4. The van der Waals surface area contributed by atoms with E-state index >= 15 is 0 Å². The number of carbonyl (C=O) groups is 1. The molecule has 1 N–H and O–H groups in total. The van der Waals surface area contributed by atoms with Gasteiger partial charge in [0.05, 0.1) is 5.56 Å². The van der Waals surface area contributed by atoms with E-state index in [0.717, 1.165) is 16.6 Å². The van der Waals surface area contributed by atoms with Crippen LogP contribution in [0.4, 0.5) is 0 Å². The molecule has 1 aromatic heterocycles. The van der Waals surface area contributed by atoms with E-state index in [-0.39, 0.29) is 0 Å². The molecule has 0 atom stereocenters. The van der Waals surface area contributed by atoms with Crippen LogP contribution >= 0.6 is 27.3 Å². The van der Waals surface area contributed by atoms with Crippen molar-refractivity contribution >= 4 is 39.3 Å². The molecule has 0 spiro atoms. The van der Waals surface area contributed by atoms with E-state index in [9.17, 15) is 4.79 Å². The van der Waals surface area contributed by atoms with Gasteiger partial charge >= 0.3 is 5.97 Å². The fourth-order valence-corrected chi connectivity index (χ4v) is 1.88. The summed E-state index contributed by atoms with van der Waals surface area (Å²) in [6.45, 7) is 0. The molecule has 0 aromatic carbocycles. The van der Waals surface area contributed by atoms with Gasteiger partial charge in [-0.15, -0.1) is 11.3 Å². The quantitative estimate of drug-likeness (QED) is 0.845. The molecule has 2 nitrogen and oxygen atoms in total. The molecule has 0 saturated heterocycles. The smallest absolute Gasteiger partial charge is 0.336 e. The lowest BCUT2D eigenvalue weighted by atomic mass is 10.3. The number of carboxylic acids is 1. The van der Waals surface area contributed by atoms with Crippen molar-refractivity contribution in [3.05, 3.63) is 28.0 Å². The van der Waals surface area contributed by atoms with Gasteiger partial charge in [-0.3, -0.25) is 0 Å². The molecule has 0 aliphatic rings. The lowest BCUT2D eigenvalue weighted by molar-refractivity contribution is 0.0697. The average Bonchev–Trinajstić information content (AvgIpc) is 2.53. The van der Waals surface area contributed by atoms with Gasteiger partial charge in [-0.1, -0.05) is 22.0 Å². The lowest BCUT2D eigenvalue weighted by Gasteiger charge is -1.83. The Hall–Kier alpha value is -0.610. The fraction of sp³-hybridized carbons (Fsp3) is 0.222. The topological polar surface area (TPSA) is 37.3 Å². The Kier molecular flexibility index (Phi) is 4.18. The molecule has 0 bridgehead atoms. The van der Waals surface area contributed by atoms with Crippen LogP contribution in [0.5, 0.6) is 0 Å². The summed E-state index contributed by atoms with van der Waals surface area (Å²) in [6.07, 6.45) is 4.92. The largest absolute Gasteiger partial charge is 0.478 e. The van der Waals surface area contributed by atoms with Crippen molar-refractivity contribution in [3.8, 4) is 0 Å². The number of hydrogen-bond acceptors (Lipinski definition) is 2. The zero-order valence-corrected chi connectivity index (χ0v) is 9.27. The van der Waals surface area contributed by atoms with E-state index in [1.54, 1.807) is 11.4 Å². The lowest BCUT2D eigenvalue weighted by Crippen LogP contribution is -1.91. The molecule has 13 heavy (non-hydrogen) atoms. The van der Waals surface area contributed by atoms with Crippen LogP contribution in [0.3, 0.4) is 0 Å². The van der Waals surface area contributed by atoms with Gasteiger partial charge in [0.1, 0.15) is 0 Å². The van der Waals surface area contributed by atoms with Crippen LogP contribution in [0, 0.1) is 0 Å². The molecule has 0 unspecified atom stereocenters. The van der Waals surface area contributed by atoms with Crippen LogP contribution in [0.15, 0.2) is 17.5 Å². The molecule has 70 valence electrons. The number of aromatic carboxylic acids is 1. The van der Waals surface area contributed by atoms with Crippen LogP contribution < -0.4 is 0 Å². The van der Waals surface area contributed by atoms with Crippen molar-refractivity contribution in [2.24, 2.45) is 0 Å². The zero-order chi connectivity index (χ0) is 9.68. The Morgan fingerprint density at radius 2 is 2.46 bits per heavy atom. The van der Waals surface area contributed by atoms with E-state index < -0.39 is 5.97 Å². The van der Waals surface area contributed by atoms with Crippen LogP contribution in [0.25, 0.3) is 6.08 Å². The summed E-state index contributed by atoms with van der Waals surface area (Å²) < 4.78 is 0. The number of carboxylic acid groups (broad SMARTS) is 1. The second-order valence-corrected chi connectivity index (χ2v) is 4.16. The maximum atomic E-state index is 10.5. The monoisotopic (exact) mass is 260 g/mol. The summed E-state index contributed by atoms with van der Waals surface area (Å²) in [5.74, 6) is -0.864. The molecule has 1 aromatic rings. The third kappa shape index (κ3) is 3.32. The summed E-state index contributed by atoms with van der Waals surface area (Å²) >= 11 is 4.75. The van der Waals surface area contributed by atoms with E-state index in [2.05, 4.69) is 15.9 Å². The number of thiophene rings is 1. The molecular weight excluding hydrogens is 252 g/mol. The molecular formula is C9H9BrO2S. The highest BCUT2D eigenvalue weighted by molar-refractivity contribution is 9.09. The van der Waals surface area contributed by atoms with Crippen molar-refractivity contribution in [3.63, 3.8) is 0 Å². The minimum atomic E-state index is -0.864. The van der Waals surface area contributed by atoms with Crippen LogP contribution in [-0.4, -0.2) is 16.4 Å². The molecule has 0 aliphatic carbocycles. The van der Waals surface area contributed by atoms with E-state index in [1.165, 1.54) is 11.3 Å². The van der Waals surface area contributed by atoms with Gasteiger partial charge in [-0.25, -0.2) is 4.79 Å². The van der Waals surface area contributed by atoms with Gasteiger partial charge in [-0.2, -0.15) is 0 Å². The maximum Gasteiger partial charge on any atom is 0.336 e. The minimum absolute atomic E-state index is 0.364. The van der Waals surface area contributed by atoms with Crippen LogP contribution in [0.2, 0.25) is 0 Å². The van der Waals surface area contributed by atoms with Crippen molar-refractivity contribution in [2.75, 3.05) is 5.33 Å². The number of halogens is 1. The summed E-state index contributed by atoms with van der Waals surface area (Å²) in [5.41, 5.74) is 0.364. The van der Waals surface area contributed by atoms with Crippen molar-refractivity contribution in [1.82, 2.24) is 0 Å². The number of allylic oxidation sites excluding steroid dienone is 1. The maximum absolute atomic E-state index is 10.5. The van der Waals surface area contributed by atoms with Crippen LogP contribution in [-0.2, 0) is 0 Å². The zero-order valence-electron chi connectivity index (χ0n) is 6.87. The first-order valence-corrected chi connectivity index (χ1v) is 5.78. The van der Waals surface area contributed by atoms with E-state index in [4.69, 9.17) is 5.11 Å². The Labute approximate surface area is 89.0 Å². The molecule has 1 rings (SSSR count). The Morgan fingerprint density at radius 1 is 1.69 bits per heavy atom. The SMILES string of the molecule is O=C(O)c1csc(C=CCCBr)c1. The fourth-order valence-electron chi connectivity index (χ4n) is 0.815. The molecule has 0 aliphatic heterocycles. The highest BCUT2D eigenvalue weighted by Crippen LogP contribution is 2.16. The van der Waals surface area contributed by atoms with Crippen molar-refractivity contribution in [2.45, 2.75) is 6.42 Å².